The van der Waals surface area contributed by atoms with Gasteiger partial charge in [-0.15, -0.1) is 0 Å². The Balaban J connectivity index is 1.81. The highest BCUT2D eigenvalue weighted by Crippen LogP contribution is 2.23. The zero-order valence-electron chi connectivity index (χ0n) is 10.2. The number of aromatic nitrogens is 2. The molecule has 0 saturated carbocycles. The Morgan fingerprint density at radius 3 is 2.88 bits per heavy atom. The van der Waals surface area contributed by atoms with E-state index in [-0.39, 0.29) is 0 Å². The summed E-state index contributed by atoms with van der Waals surface area (Å²) in [4.78, 5) is 2.05. The van der Waals surface area contributed by atoms with Gasteiger partial charge in [0.05, 0.1) is 19.4 Å². The second-order valence-corrected chi connectivity index (χ2v) is 4.52. The van der Waals surface area contributed by atoms with Crippen molar-refractivity contribution >= 4 is 5.82 Å². The van der Waals surface area contributed by atoms with Crippen LogP contribution in [0, 0.1) is 0 Å². The molecule has 2 heterocycles. The third-order valence-corrected chi connectivity index (χ3v) is 2.96. The van der Waals surface area contributed by atoms with Crippen LogP contribution in [0.25, 0.3) is 0 Å². The van der Waals surface area contributed by atoms with Gasteiger partial charge >= 0.3 is 0 Å². The number of anilines is 1. The third-order valence-electron chi connectivity index (χ3n) is 2.96. The van der Waals surface area contributed by atoms with Crippen LogP contribution in [-0.4, -0.2) is 54.0 Å². The lowest BCUT2D eigenvalue weighted by molar-refractivity contribution is -0.284. The molecule has 2 N–H and O–H groups in total. The first kappa shape index (κ1) is 12.3. The quantitative estimate of drug-likeness (QED) is 0.796. The van der Waals surface area contributed by atoms with Crippen LogP contribution in [-0.2, 0) is 9.47 Å². The summed E-state index contributed by atoms with van der Waals surface area (Å²) in [5, 5.41) is 16.1. The first-order valence-corrected chi connectivity index (χ1v) is 5.75. The van der Waals surface area contributed by atoms with Crippen LogP contribution in [0.4, 0.5) is 5.82 Å². The van der Waals surface area contributed by atoms with Gasteiger partial charge in [-0.1, -0.05) is 0 Å². The lowest BCUT2D eigenvalue weighted by Gasteiger charge is -2.37. The number of ether oxygens (including phenoxy) is 2. The Hall–Kier alpha value is -1.11. The first-order chi connectivity index (χ1) is 8.09. The lowest BCUT2D eigenvalue weighted by Crippen LogP contribution is -2.45. The molecular formula is C11H19N3O3. The average Bonchev–Trinajstić information content (AvgIpc) is 2.84. The summed E-state index contributed by atoms with van der Waals surface area (Å²) in [6.07, 6.45) is 1.95. The molecule has 0 aliphatic carbocycles. The van der Waals surface area contributed by atoms with Crippen molar-refractivity contribution in [3.63, 3.8) is 0 Å². The van der Waals surface area contributed by atoms with E-state index in [9.17, 15) is 5.11 Å². The molecular weight excluding hydrogens is 222 g/mol. The highest BCUT2D eigenvalue weighted by Gasteiger charge is 2.32. The Bertz CT molecular complexity index is 334. The molecule has 1 aliphatic heterocycles. The first-order valence-electron chi connectivity index (χ1n) is 5.75. The molecule has 1 saturated heterocycles. The van der Waals surface area contributed by atoms with Gasteiger partial charge in [0.1, 0.15) is 11.9 Å². The van der Waals surface area contributed by atoms with Gasteiger partial charge in [0, 0.05) is 26.1 Å². The van der Waals surface area contributed by atoms with E-state index in [1.807, 2.05) is 20.0 Å². The van der Waals surface area contributed by atoms with E-state index in [4.69, 9.17) is 9.47 Å². The third kappa shape index (κ3) is 3.18. The van der Waals surface area contributed by atoms with E-state index in [2.05, 4.69) is 15.1 Å². The topological polar surface area (TPSA) is 70.6 Å². The number of hydrogen-bond acceptors (Lipinski definition) is 5. The summed E-state index contributed by atoms with van der Waals surface area (Å²) < 4.78 is 11.0. The summed E-state index contributed by atoms with van der Waals surface area (Å²) in [6.45, 7) is 3.36. The normalized spacial score (nSPS) is 29.2. The molecule has 0 aromatic carbocycles. The average molecular weight is 241 g/mol. The van der Waals surface area contributed by atoms with Crippen LogP contribution >= 0.6 is 0 Å². The predicted molar refractivity (Wildman–Crippen MR) is 62.8 cm³/mol. The SMILES string of the molecule is CN(CCC1(C)OCC(O)CO1)c1ccn[nH]1. The maximum absolute atomic E-state index is 9.30. The van der Waals surface area contributed by atoms with E-state index >= 15 is 0 Å². The monoisotopic (exact) mass is 241 g/mol. The summed E-state index contributed by atoms with van der Waals surface area (Å²) in [5.41, 5.74) is 0. The standard InChI is InChI=1S/C11H19N3O3/c1-11(16-7-9(15)8-17-11)4-6-14(2)10-3-5-12-13-10/h3,5,9,15H,4,6-8H2,1-2H3,(H,12,13). The number of nitrogens with one attached hydrogen (secondary N) is 1. The zero-order valence-corrected chi connectivity index (χ0v) is 10.2. The van der Waals surface area contributed by atoms with Crippen molar-refractivity contribution in [2.45, 2.75) is 25.2 Å². The van der Waals surface area contributed by atoms with Crippen LogP contribution in [0.15, 0.2) is 12.3 Å². The molecule has 0 radical (unpaired) electrons. The van der Waals surface area contributed by atoms with Crippen molar-refractivity contribution in [3.05, 3.63) is 12.3 Å². The van der Waals surface area contributed by atoms with Gasteiger partial charge in [-0.3, -0.25) is 5.10 Å². The molecule has 6 heteroatoms. The van der Waals surface area contributed by atoms with Crippen LogP contribution in [0.1, 0.15) is 13.3 Å². The minimum absolute atomic E-state index is 0.338. The summed E-state index contributed by atoms with van der Waals surface area (Å²) in [5.74, 6) is 0.359. The van der Waals surface area contributed by atoms with E-state index in [1.165, 1.54) is 0 Å². The Labute approximate surface area is 101 Å². The van der Waals surface area contributed by atoms with Crippen molar-refractivity contribution in [2.24, 2.45) is 0 Å². The number of rotatable bonds is 4. The van der Waals surface area contributed by atoms with E-state index < -0.39 is 11.9 Å². The predicted octanol–water partition coefficient (Wildman–Crippen LogP) is 0.360. The Morgan fingerprint density at radius 1 is 1.59 bits per heavy atom. The molecule has 0 atom stereocenters. The molecule has 0 spiro atoms. The molecule has 1 aromatic rings. The van der Waals surface area contributed by atoms with Gasteiger partial charge < -0.3 is 19.5 Å². The Morgan fingerprint density at radius 2 is 2.29 bits per heavy atom. The number of aliphatic hydroxyl groups is 1. The lowest BCUT2D eigenvalue weighted by atomic mass is 10.2. The molecule has 1 aliphatic rings. The molecule has 1 fully saturated rings. The Kier molecular flexibility index (Phi) is 3.66. The smallest absolute Gasteiger partial charge is 0.167 e. The molecule has 6 nitrogen and oxygen atoms in total. The van der Waals surface area contributed by atoms with Crippen molar-refractivity contribution in [1.82, 2.24) is 10.2 Å². The minimum atomic E-state index is -0.604. The zero-order chi connectivity index (χ0) is 12.3. The number of H-pyrrole nitrogens is 1. The number of nitrogens with zero attached hydrogens (tertiary/aromatic N) is 2. The molecule has 1 aromatic heterocycles. The van der Waals surface area contributed by atoms with E-state index in [1.54, 1.807) is 6.20 Å². The van der Waals surface area contributed by atoms with Crippen molar-refractivity contribution in [2.75, 3.05) is 31.7 Å². The van der Waals surface area contributed by atoms with Gasteiger partial charge in [-0.2, -0.15) is 5.10 Å². The second-order valence-electron chi connectivity index (χ2n) is 4.52. The van der Waals surface area contributed by atoms with Crippen molar-refractivity contribution in [3.8, 4) is 0 Å². The van der Waals surface area contributed by atoms with Crippen LogP contribution in [0.5, 0.6) is 0 Å². The second kappa shape index (κ2) is 5.03. The molecule has 2 rings (SSSR count). The largest absolute Gasteiger partial charge is 0.388 e. The fourth-order valence-corrected chi connectivity index (χ4v) is 1.73. The molecule has 0 unspecified atom stereocenters. The number of aromatic amines is 1. The van der Waals surface area contributed by atoms with Crippen LogP contribution in [0.3, 0.4) is 0 Å². The molecule has 0 amide bonds. The molecule has 0 bridgehead atoms. The van der Waals surface area contributed by atoms with Crippen molar-refractivity contribution in [1.29, 1.82) is 0 Å². The van der Waals surface area contributed by atoms with Crippen LogP contribution in [0.2, 0.25) is 0 Å². The summed E-state index contributed by atoms with van der Waals surface area (Å²) in [6, 6.07) is 1.91. The fraction of sp³-hybridized carbons (Fsp3) is 0.727. The van der Waals surface area contributed by atoms with Gasteiger partial charge in [0.2, 0.25) is 0 Å². The summed E-state index contributed by atoms with van der Waals surface area (Å²) >= 11 is 0. The van der Waals surface area contributed by atoms with Crippen LogP contribution < -0.4 is 4.90 Å². The van der Waals surface area contributed by atoms with Gasteiger partial charge in [0.15, 0.2) is 5.79 Å². The van der Waals surface area contributed by atoms with Gasteiger partial charge in [-0.25, -0.2) is 0 Å². The van der Waals surface area contributed by atoms with Gasteiger partial charge in [-0.05, 0) is 6.92 Å². The molecule has 17 heavy (non-hydrogen) atoms. The number of hydrogen-bond donors (Lipinski definition) is 2. The highest BCUT2D eigenvalue weighted by atomic mass is 16.7. The molecule has 96 valence electrons. The highest BCUT2D eigenvalue weighted by molar-refractivity contribution is 5.34. The summed E-state index contributed by atoms with van der Waals surface area (Å²) in [7, 11) is 1.98. The van der Waals surface area contributed by atoms with E-state index in [0.717, 1.165) is 18.8 Å². The van der Waals surface area contributed by atoms with Gasteiger partial charge in [0.25, 0.3) is 0 Å². The minimum Gasteiger partial charge on any atom is -0.388 e. The maximum Gasteiger partial charge on any atom is 0.167 e. The fourth-order valence-electron chi connectivity index (χ4n) is 1.73. The maximum atomic E-state index is 9.30. The number of aliphatic hydroxyl groups excluding tert-OH is 1. The van der Waals surface area contributed by atoms with Crippen molar-refractivity contribution < 1.29 is 14.6 Å². The van der Waals surface area contributed by atoms with E-state index in [0.29, 0.717) is 13.2 Å².